The van der Waals surface area contributed by atoms with Crippen molar-refractivity contribution >= 4 is 47.3 Å². The van der Waals surface area contributed by atoms with Gasteiger partial charge in [0.15, 0.2) is 0 Å². The molecule has 0 aromatic rings. The van der Waals surface area contributed by atoms with Crippen molar-refractivity contribution in [2.24, 2.45) is 11.5 Å². The Kier molecular flexibility index (Phi) is 6.20. The van der Waals surface area contributed by atoms with E-state index in [0.29, 0.717) is 12.8 Å². The Morgan fingerprint density at radius 1 is 0.909 bits per heavy atom. The molecule has 0 radical (unpaired) electrons. The van der Waals surface area contributed by atoms with Gasteiger partial charge in [0.05, 0.1) is 0 Å². The van der Waals surface area contributed by atoms with Gasteiger partial charge in [0, 0.05) is 15.9 Å². The lowest BCUT2D eigenvalue weighted by molar-refractivity contribution is -0.200. The molecule has 0 aromatic carbocycles. The number of fused-ring (bicyclic) bond motifs is 2. The van der Waals surface area contributed by atoms with Crippen LogP contribution in [0.3, 0.4) is 0 Å². The summed E-state index contributed by atoms with van der Waals surface area (Å²) in [7, 11) is 0. The molecule has 0 spiro atoms. The van der Waals surface area contributed by atoms with Gasteiger partial charge >= 0.3 is 11.9 Å². The number of nitrogens with zero attached hydrogens (tertiary/aromatic N) is 2. The minimum Gasteiger partial charge on any atom is -0.424 e. The first-order valence-electron chi connectivity index (χ1n) is 11.2. The minimum atomic E-state index is -1.11. The maximum absolute atomic E-state index is 13.2. The predicted molar refractivity (Wildman–Crippen MR) is 124 cm³/mol. The number of hydrogen-bond donors (Lipinski definition) is 2. The Hall–Kier alpha value is -1.50. The van der Waals surface area contributed by atoms with Crippen molar-refractivity contribution in [3.63, 3.8) is 0 Å². The van der Waals surface area contributed by atoms with E-state index in [1.807, 2.05) is 34.6 Å². The van der Waals surface area contributed by atoms with Crippen LogP contribution in [0.4, 0.5) is 0 Å². The Bertz CT molecular complexity index is 817. The Labute approximate surface area is 201 Å². The number of esters is 2. The number of rotatable bonds is 7. The minimum absolute atomic E-state index is 0.267. The summed E-state index contributed by atoms with van der Waals surface area (Å²) in [4.78, 5) is 53.9. The number of nitrogens with two attached hydrogens (primary N) is 2. The van der Waals surface area contributed by atoms with Crippen LogP contribution in [-0.4, -0.2) is 84.3 Å². The van der Waals surface area contributed by atoms with Gasteiger partial charge in [-0.2, -0.15) is 0 Å². The molecule has 0 aromatic heterocycles. The first kappa shape index (κ1) is 24.6. The van der Waals surface area contributed by atoms with E-state index in [1.54, 1.807) is 0 Å². The molecule has 0 saturated carbocycles. The second-order valence-corrected chi connectivity index (χ2v) is 13.6. The predicted octanol–water partition coefficient (Wildman–Crippen LogP) is 0.368. The number of unbranched alkanes of at least 4 members (excludes halogenated alkanes) is 1. The maximum Gasteiger partial charge on any atom is 0.333 e. The molecule has 0 bridgehead atoms. The summed E-state index contributed by atoms with van der Waals surface area (Å²) in [6, 6.07) is -2.89. The van der Waals surface area contributed by atoms with Gasteiger partial charge in [-0.1, -0.05) is 13.3 Å². The van der Waals surface area contributed by atoms with Crippen LogP contribution < -0.4 is 11.5 Å². The third-order valence-electron chi connectivity index (χ3n) is 6.70. The molecule has 12 heteroatoms. The van der Waals surface area contributed by atoms with Crippen LogP contribution in [0.25, 0.3) is 0 Å². The quantitative estimate of drug-likeness (QED) is 0.286. The third-order valence-corrected chi connectivity index (χ3v) is 9.88. The summed E-state index contributed by atoms with van der Waals surface area (Å²) >= 11 is 2.93. The van der Waals surface area contributed by atoms with Gasteiger partial charge in [-0.15, -0.1) is 23.5 Å². The molecule has 33 heavy (non-hydrogen) atoms. The summed E-state index contributed by atoms with van der Waals surface area (Å²) in [6.07, 6.45) is 0.690. The third kappa shape index (κ3) is 3.82. The van der Waals surface area contributed by atoms with Crippen LogP contribution in [0.1, 0.15) is 53.9 Å². The number of amides is 2. The van der Waals surface area contributed by atoms with Crippen LogP contribution in [0.5, 0.6) is 0 Å². The van der Waals surface area contributed by atoms with Crippen LogP contribution >= 0.6 is 23.5 Å². The molecular weight excluding hydrogens is 468 g/mol. The zero-order valence-corrected chi connectivity index (χ0v) is 21.1. The van der Waals surface area contributed by atoms with Crippen molar-refractivity contribution in [1.82, 2.24) is 9.80 Å². The highest BCUT2D eigenvalue weighted by Gasteiger charge is 2.64. The van der Waals surface area contributed by atoms with E-state index in [2.05, 4.69) is 0 Å². The van der Waals surface area contributed by atoms with Crippen molar-refractivity contribution in [1.29, 1.82) is 0 Å². The summed E-state index contributed by atoms with van der Waals surface area (Å²) in [5.74, 6) is -1.82. The van der Waals surface area contributed by atoms with Crippen LogP contribution in [0.2, 0.25) is 0 Å². The number of β-lactam (4-membered cyclic amide) rings is 2. The lowest BCUT2D eigenvalue weighted by Gasteiger charge is -2.42. The van der Waals surface area contributed by atoms with Crippen molar-refractivity contribution < 1.29 is 28.7 Å². The largest absolute Gasteiger partial charge is 0.424 e. The molecule has 4 heterocycles. The normalized spacial score (nSPS) is 35.6. The molecule has 0 unspecified atom stereocenters. The van der Waals surface area contributed by atoms with E-state index in [-0.39, 0.29) is 22.6 Å². The highest BCUT2D eigenvalue weighted by molar-refractivity contribution is 8.02. The van der Waals surface area contributed by atoms with Gasteiger partial charge in [-0.25, -0.2) is 9.59 Å². The first-order valence-corrected chi connectivity index (χ1v) is 13.0. The number of carbonyl (C=O) groups excluding carboxylic acids is 4. The fourth-order valence-electron chi connectivity index (χ4n) is 4.95. The number of carbonyl (C=O) groups is 4. The average Bonchev–Trinajstić information content (AvgIpc) is 3.16. The van der Waals surface area contributed by atoms with E-state index in [9.17, 15) is 19.2 Å². The Balaban J connectivity index is 1.47. The maximum atomic E-state index is 13.2. The van der Waals surface area contributed by atoms with Gasteiger partial charge in [0.25, 0.3) is 0 Å². The molecule has 2 amide bonds. The number of ether oxygens (including phenoxy) is 2. The van der Waals surface area contributed by atoms with E-state index in [1.165, 1.54) is 33.3 Å². The van der Waals surface area contributed by atoms with Gasteiger partial charge < -0.3 is 30.7 Å². The van der Waals surface area contributed by atoms with Crippen LogP contribution in [0, 0.1) is 0 Å². The fourth-order valence-corrected chi connectivity index (χ4v) is 8.07. The molecule has 4 fully saturated rings. The number of thioether (sulfide) groups is 2. The van der Waals surface area contributed by atoms with Gasteiger partial charge in [-0.3, -0.25) is 9.59 Å². The summed E-state index contributed by atoms with van der Waals surface area (Å²) in [5, 5.41) is -0.534. The van der Waals surface area contributed by atoms with Crippen molar-refractivity contribution in [3.8, 4) is 0 Å². The molecule has 0 aliphatic carbocycles. The van der Waals surface area contributed by atoms with Crippen molar-refractivity contribution in [3.05, 3.63) is 0 Å². The summed E-state index contributed by atoms with van der Waals surface area (Å²) in [5.41, 5.74) is 11.8. The van der Waals surface area contributed by atoms with Gasteiger partial charge in [0.2, 0.25) is 18.1 Å². The van der Waals surface area contributed by atoms with Gasteiger partial charge in [-0.05, 0) is 34.1 Å². The molecule has 6 atom stereocenters. The van der Waals surface area contributed by atoms with E-state index >= 15 is 0 Å². The zero-order chi connectivity index (χ0) is 24.5. The van der Waals surface area contributed by atoms with Crippen LogP contribution in [-0.2, 0) is 28.7 Å². The van der Waals surface area contributed by atoms with Crippen LogP contribution in [0.15, 0.2) is 0 Å². The molecular formula is C21H32N4O6S2. The Morgan fingerprint density at radius 2 is 1.30 bits per heavy atom. The van der Waals surface area contributed by atoms with E-state index in [0.717, 1.165) is 6.42 Å². The lowest BCUT2D eigenvalue weighted by Crippen LogP contribution is -2.69. The van der Waals surface area contributed by atoms with Crippen molar-refractivity contribution in [2.75, 3.05) is 0 Å². The highest BCUT2D eigenvalue weighted by Crippen LogP contribution is 2.51. The van der Waals surface area contributed by atoms with Crippen molar-refractivity contribution in [2.45, 2.75) is 105 Å². The first-order chi connectivity index (χ1) is 15.3. The monoisotopic (exact) mass is 500 g/mol. The SMILES string of the molecule is CCCCC(OC(=O)[C@@H]1N2C(=O)[C@@H](N)[C@H]2SC1(C)C)OC(=O)[C@@H]1N2C(=O)[C@@H](N)[C@H]2SC1(C)C. The summed E-state index contributed by atoms with van der Waals surface area (Å²) in [6.45, 7) is 9.44. The standard InChI is InChI=1S/C21H32N4O6S2/c1-6-7-8-9(30-18(28)12-20(2,3)32-16-10(22)14(26)24(12)16)31-19(29)13-21(4,5)33-17-11(23)15(27)25(13)17/h9-13,16-17H,6-8,22-23H2,1-5H3/t10-,11-,12+,13+,16-,17-/m1/s1. The zero-order valence-electron chi connectivity index (χ0n) is 19.5. The lowest BCUT2D eigenvalue weighted by atomic mass is 9.96. The topological polar surface area (TPSA) is 145 Å². The average molecular weight is 501 g/mol. The second-order valence-electron chi connectivity index (χ2n) is 10.0. The Morgan fingerprint density at radius 3 is 1.67 bits per heavy atom. The molecule has 4 N–H and O–H groups in total. The molecule has 4 aliphatic rings. The fraction of sp³-hybridized carbons (Fsp3) is 0.810. The molecule has 4 aliphatic heterocycles. The molecule has 4 rings (SSSR count). The van der Waals surface area contributed by atoms with E-state index < -0.39 is 51.9 Å². The molecule has 184 valence electrons. The highest BCUT2D eigenvalue weighted by atomic mass is 32.2. The summed E-state index contributed by atoms with van der Waals surface area (Å²) < 4.78 is 10.1. The molecule has 10 nitrogen and oxygen atoms in total. The molecule has 4 saturated heterocycles. The smallest absolute Gasteiger partial charge is 0.333 e. The van der Waals surface area contributed by atoms with E-state index in [4.69, 9.17) is 20.9 Å². The second kappa shape index (κ2) is 8.31. The number of hydrogen-bond acceptors (Lipinski definition) is 10. The van der Waals surface area contributed by atoms with Gasteiger partial charge in [0.1, 0.15) is 34.9 Å².